The molecule has 2 N–H and O–H groups in total. The van der Waals surface area contributed by atoms with Crippen molar-refractivity contribution >= 4 is 28.3 Å². The number of hydrogen-bond donors (Lipinski definition) is 2. The Morgan fingerprint density at radius 1 is 1.29 bits per heavy atom. The summed E-state index contributed by atoms with van der Waals surface area (Å²) < 4.78 is 6.82. The van der Waals surface area contributed by atoms with Crippen LogP contribution in [0, 0.1) is 5.92 Å². The van der Waals surface area contributed by atoms with Crippen molar-refractivity contribution in [1.29, 1.82) is 0 Å². The molecular formula is C16H24BrClN2O. The number of hydrogen-bond acceptors (Lipinski definition) is 3. The second-order valence-electron chi connectivity index (χ2n) is 5.81. The monoisotopic (exact) mass is 374 g/mol. The van der Waals surface area contributed by atoms with Gasteiger partial charge in [0, 0.05) is 29.6 Å². The lowest BCUT2D eigenvalue weighted by Crippen LogP contribution is -2.50. The van der Waals surface area contributed by atoms with Crippen molar-refractivity contribution in [1.82, 2.24) is 10.6 Å². The third kappa shape index (κ3) is 4.42. The molecule has 1 saturated heterocycles. The van der Waals surface area contributed by atoms with Gasteiger partial charge in [-0.05, 0) is 30.4 Å². The van der Waals surface area contributed by atoms with Crippen molar-refractivity contribution in [3.63, 3.8) is 0 Å². The van der Waals surface area contributed by atoms with Gasteiger partial charge in [0.2, 0.25) is 0 Å². The fourth-order valence-corrected chi connectivity index (χ4v) is 3.89. The topological polar surface area (TPSA) is 33.3 Å². The van der Waals surface area contributed by atoms with E-state index >= 15 is 0 Å². The van der Waals surface area contributed by atoms with Crippen LogP contribution in [0.3, 0.4) is 0 Å². The molecule has 0 spiro atoms. The van der Waals surface area contributed by atoms with E-state index in [1.54, 1.807) is 0 Å². The Labute approximate surface area is 141 Å². The summed E-state index contributed by atoms with van der Waals surface area (Å²) in [6.07, 6.45) is 3.93. The van der Waals surface area contributed by atoms with E-state index in [0.29, 0.717) is 18.0 Å². The van der Waals surface area contributed by atoms with Gasteiger partial charge in [-0.1, -0.05) is 40.5 Å². The van der Waals surface area contributed by atoms with E-state index in [2.05, 4.69) is 50.8 Å². The summed E-state index contributed by atoms with van der Waals surface area (Å²) in [5, 5.41) is 7.39. The van der Waals surface area contributed by atoms with E-state index < -0.39 is 0 Å². The van der Waals surface area contributed by atoms with Gasteiger partial charge in [0.05, 0.1) is 13.2 Å². The average Bonchev–Trinajstić information content (AvgIpc) is 2.96. The molecule has 2 aliphatic rings. The van der Waals surface area contributed by atoms with Crippen LogP contribution in [-0.2, 0) is 11.3 Å². The van der Waals surface area contributed by atoms with Gasteiger partial charge >= 0.3 is 0 Å². The Kier molecular flexibility index (Phi) is 6.96. The van der Waals surface area contributed by atoms with Crippen LogP contribution in [0.4, 0.5) is 0 Å². The first kappa shape index (κ1) is 17.2. The highest BCUT2D eigenvalue weighted by molar-refractivity contribution is 9.10. The van der Waals surface area contributed by atoms with E-state index in [9.17, 15) is 0 Å². The molecule has 2 fully saturated rings. The third-order valence-electron chi connectivity index (χ3n) is 4.55. The summed E-state index contributed by atoms with van der Waals surface area (Å²) in [7, 11) is 0. The normalized spacial score (nSPS) is 29.1. The molecule has 0 aromatic heterocycles. The van der Waals surface area contributed by atoms with E-state index in [0.717, 1.165) is 26.3 Å². The lowest BCUT2D eigenvalue weighted by Gasteiger charge is -2.33. The van der Waals surface area contributed by atoms with E-state index in [1.165, 1.54) is 29.3 Å². The molecule has 5 heteroatoms. The molecule has 1 aliphatic heterocycles. The van der Waals surface area contributed by atoms with Crippen LogP contribution in [0.2, 0.25) is 0 Å². The molecule has 0 radical (unpaired) electrons. The summed E-state index contributed by atoms with van der Waals surface area (Å²) >= 11 is 3.63. The number of morpholine rings is 1. The Morgan fingerprint density at radius 3 is 2.90 bits per heavy atom. The fraction of sp³-hybridized carbons (Fsp3) is 0.625. The molecule has 21 heavy (non-hydrogen) atoms. The van der Waals surface area contributed by atoms with Gasteiger partial charge in [0.1, 0.15) is 0 Å². The smallest absolute Gasteiger partial charge is 0.0623 e. The van der Waals surface area contributed by atoms with Gasteiger partial charge < -0.3 is 15.4 Å². The van der Waals surface area contributed by atoms with Gasteiger partial charge in [-0.2, -0.15) is 0 Å². The number of nitrogens with one attached hydrogen (secondary N) is 2. The molecule has 1 aromatic carbocycles. The molecule has 3 atom stereocenters. The maximum Gasteiger partial charge on any atom is 0.0623 e. The van der Waals surface area contributed by atoms with Gasteiger partial charge in [-0.25, -0.2) is 0 Å². The van der Waals surface area contributed by atoms with Crippen LogP contribution >= 0.6 is 28.3 Å². The molecule has 1 heterocycles. The van der Waals surface area contributed by atoms with E-state index in [-0.39, 0.29) is 12.4 Å². The van der Waals surface area contributed by atoms with E-state index in [4.69, 9.17) is 4.74 Å². The Hall–Kier alpha value is -0.130. The highest BCUT2D eigenvalue weighted by Gasteiger charge is 2.34. The molecule has 3 rings (SSSR count). The van der Waals surface area contributed by atoms with Crippen LogP contribution < -0.4 is 10.6 Å². The number of halogens is 2. The van der Waals surface area contributed by atoms with Gasteiger partial charge in [0.15, 0.2) is 0 Å². The first-order valence-electron chi connectivity index (χ1n) is 7.62. The maximum atomic E-state index is 5.63. The number of ether oxygens (including phenoxy) is 1. The summed E-state index contributed by atoms with van der Waals surface area (Å²) in [5.41, 5.74) is 1.34. The fourth-order valence-electron chi connectivity index (χ4n) is 3.47. The molecule has 118 valence electrons. The molecule has 0 amide bonds. The molecule has 1 aliphatic carbocycles. The minimum Gasteiger partial charge on any atom is -0.379 e. The first-order chi connectivity index (χ1) is 9.84. The summed E-state index contributed by atoms with van der Waals surface area (Å²) in [5.74, 6) is 0.706. The van der Waals surface area contributed by atoms with E-state index in [1.807, 2.05) is 0 Å². The molecular weight excluding hydrogens is 352 g/mol. The Morgan fingerprint density at radius 2 is 2.14 bits per heavy atom. The summed E-state index contributed by atoms with van der Waals surface area (Å²) in [6.45, 7) is 3.67. The first-order valence-corrected chi connectivity index (χ1v) is 8.42. The maximum absolute atomic E-state index is 5.63. The molecule has 1 saturated carbocycles. The van der Waals surface area contributed by atoms with Crippen molar-refractivity contribution in [2.75, 3.05) is 19.8 Å². The number of benzene rings is 1. The van der Waals surface area contributed by atoms with Crippen LogP contribution in [-0.4, -0.2) is 31.8 Å². The van der Waals surface area contributed by atoms with Crippen molar-refractivity contribution in [2.45, 2.75) is 37.9 Å². The SMILES string of the molecule is Brc1ccccc1CNC1CCCC1C1COCCN1.Cl. The number of rotatable bonds is 4. The average molecular weight is 376 g/mol. The minimum absolute atomic E-state index is 0. The zero-order valence-electron chi connectivity index (χ0n) is 12.2. The van der Waals surface area contributed by atoms with Crippen LogP contribution in [0.1, 0.15) is 24.8 Å². The van der Waals surface area contributed by atoms with Crippen LogP contribution in [0.25, 0.3) is 0 Å². The lowest BCUT2D eigenvalue weighted by molar-refractivity contribution is 0.0524. The highest BCUT2D eigenvalue weighted by Crippen LogP contribution is 2.30. The largest absolute Gasteiger partial charge is 0.379 e. The van der Waals surface area contributed by atoms with Crippen molar-refractivity contribution in [3.05, 3.63) is 34.3 Å². The van der Waals surface area contributed by atoms with Crippen molar-refractivity contribution in [3.8, 4) is 0 Å². The third-order valence-corrected chi connectivity index (χ3v) is 5.32. The lowest BCUT2D eigenvalue weighted by atomic mass is 9.94. The van der Waals surface area contributed by atoms with Crippen molar-refractivity contribution in [2.24, 2.45) is 5.92 Å². The second kappa shape index (κ2) is 8.49. The van der Waals surface area contributed by atoms with Crippen LogP contribution in [0.5, 0.6) is 0 Å². The molecule has 3 unspecified atom stereocenters. The minimum atomic E-state index is 0. The van der Waals surface area contributed by atoms with Gasteiger partial charge in [-0.3, -0.25) is 0 Å². The predicted molar refractivity (Wildman–Crippen MR) is 92.0 cm³/mol. The zero-order chi connectivity index (χ0) is 13.8. The molecule has 1 aromatic rings. The zero-order valence-corrected chi connectivity index (χ0v) is 14.6. The quantitative estimate of drug-likeness (QED) is 0.848. The Balaban J connectivity index is 0.00000161. The Bertz CT molecular complexity index is 440. The standard InChI is InChI=1S/C16H23BrN2O.ClH/c17-14-6-2-1-4-12(14)10-19-15-7-3-5-13(15)16-11-20-9-8-18-16;/h1-2,4,6,13,15-16,18-19H,3,5,7-11H2;1H. The van der Waals surface area contributed by atoms with Crippen molar-refractivity contribution < 1.29 is 4.74 Å². The summed E-state index contributed by atoms with van der Waals surface area (Å²) in [4.78, 5) is 0. The highest BCUT2D eigenvalue weighted by atomic mass is 79.9. The molecule has 0 bridgehead atoms. The van der Waals surface area contributed by atoms with Gasteiger partial charge in [0.25, 0.3) is 0 Å². The second-order valence-corrected chi connectivity index (χ2v) is 6.66. The summed E-state index contributed by atoms with van der Waals surface area (Å²) in [6, 6.07) is 9.60. The van der Waals surface area contributed by atoms with Crippen LogP contribution in [0.15, 0.2) is 28.7 Å². The molecule has 3 nitrogen and oxygen atoms in total. The van der Waals surface area contributed by atoms with Gasteiger partial charge in [-0.15, -0.1) is 12.4 Å². The predicted octanol–water partition coefficient (Wildman–Crippen LogP) is 3.12.